The molecule has 0 aromatic heterocycles. The summed E-state index contributed by atoms with van der Waals surface area (Å²) in [7, 11) is -3.71. The van der Waals surface area contributed by atoms with Crippen molar-refractivity contribution in [3.63, 3.8) is 0 Å². The molecule has 0 saturated heterocycles. The predicted molar refractivity (Wildman–Crippen MR) is 111 cm³/mol. The minimum Gasteiger partial charge on any atom is -0.456 e. The number of rotatable bonds is 5. The number of hydrogen-bond donors (Lipinski definition) is 2. The van der Waals surface area contributed by atoms with Crippen LogP contribution in [0, 0.1) is 0 Å². The van der Waals surface area contributed by atoms with Crippen molar-refractivity contribution in [3.8, 4) is 0 Å². The summed E-state index contributed by atoms with van der Waals surface area (Å²) in [6, 6.07) is 10.2. The van der Waals surface area contributed by atoms with Crippen LogP contribution in [0.25, 0.3) is 0 Å². The Balaban J connectivity index is 1.41. The van der Waals surface area contributed by atoms with Crippen LogP contribution in [-0.4, -0.2) is 44.6 Å². The van der Waals surface area contributed by atoms with E-state index in [0.29, 0.717) is 29.7 Å². The Labute approximate surface area is 178 Å². The highest BCUT2D eigenvalue weighted by atomic mass is 32.2. The van der Waals surface area contributed by atoms with Gasteiger partial charge in [0.1, 0.15) is 11.9 Å². The molecule has 2 aliphatic heterocycles. The number of hydrogen-bond acceptors (Lipinski definition) is 7. The molecule has 0 fully saturated rings. The third kappa shape index (κ3) is 4.19. The number of Topliss-reactive ketones (excluding diaryl/α,β-unsaturated/α-hetero) is 1. The van der Waals surface area contributed by atoms with Crippen molar-refractivity contribution in [1.82, 2.24) is 4.72 Å². The van der Waals surface area contributed by atoms with Gasteiger partial charge in [0.05, 0.1) is 4.90 Å². The standard InChI is InChI=1S/C21H19N3O6S/c1-12(22-20-15-4-2-3-5-18(15)31(28,29)24-20)21(27)30-11-17(25)14-6-8-16-13(10-14)7-9-19(26)23-16/h2-6,8,10,12H,7,9,11H2,1H3,(H,22,24)(H,23,26)/t12-/m0/s1. The fourth-order valence-electron chi connectivity index (χ4n) is 3.37. The first kappa shape index (κ1) is 20.7. The quantitative estimate of drug-likeness (QED) is 0.533. The second-order valence-corrected chi connectivity index (χ2v) is 8.86. The monoisotopic (exact) mass is 441 g/mol. The molecule has 160 valence electrons. The number of amides is 1. The largest absolute Gasteiger partial charge is 0.456 e. The van der Waals surface area contributed by atoms with Crippen molar-refractivity contribution >= 4 is 39.2 Å². The van der Waals surface area contributed by atoms with Crippen molar-refractivity contribution in [2.45, 2.75) is 30.7 Å². The fraction of sp³-hybridized carbons (Fsp3) is 0.238. The highest BCUT2D eigenvalue weighted by Crippen LogP contribution is 2.24. The Morgan fingerprint density at radius 3 is 2.74 bits per heavy atom. The SMILES string of the molecule is C[C@H](N=C1NS(=O)(=O)c2ccccc21)C(=O)OCC(=O)c1ccc2c(c1)CCC(=O)N2. The molecule has 2 aromatic rings. The summed E-state index contributed by atoms with van der Waals surface area (Å²) in [6.45, 7) is 0.984. The number of aliphatic imine (C=N–C) groups is 1. The lowest BCUT2D eigenvalue weighted by molar-refractivity contribution is -0.143. The molecule has 0 unspecified atom stereocenters. The number of carbonyl (C=O) groups excluding carboxylic acids is 3. The van der Waals surface area contributed by atoms with E-state index in [4.69, 9.17) is 4.74 Å². The molecule has 2 aliphatic rings. The van der Waals surface area contributed by atoms with E-state index < -0.39 is 28.6 Å². The number of aryl methyl sites for hydroxylation is 1. The van der Waals surface area contributed by atoms with Gasteiger partial charge in [-0.1, -0.05) is 12.1 Å². The number of nitrogens with zero attached hydrogens (tertiary/aromatic N) is 1. The molecule has 10 heteroatoms. The molecule has 2 N–H and O–H groups in total. The Morgan fingerprint density at radius 2 is 1.94 bits per heavy atom. The van der Waals surface area contributed by atoms with Crippen molar-refractivity contribution in [2.75, 3.05) is 11.9 Å². The number of esters is 1. The average molecular weight is 441 g/mol. The molecule has 0 aliphatic carbocycles. The molecule has 31 heavy (non-hydrogen) atoms. The number of anilines is 1. The smallest absolute Gasteiger partial charge is 0.331 e. The van der Waals surface area contributed by atoms with E-state index in [9.17, 15) is 22.8 Å². The van der Waals surface area contributed by atoms with Crippen LogP contribution in [0.15, 0.2) is 52.4 Å². The molecule has 1 amide bonds. The molecular formula is C21H19N3O6S. The van der Waals surface area contributed by atoms with Crippen molar-refractivity contribution in [3.05, 3.63) is 59.2 Å². The van der Waals surface area contributed by atoms with Crippen LogP contribution in [0.1, 0.15) is 34.8 Å². The Kier molecular flexibility index (Phi) is 5.32. The van der Waals surface area contributed by atoms with Crippen molar-refractivity contribution < 1.29 is 27.5 Å². The van der Waals surface area contributed by atoms with E-state index in [-0.39, 0.29) is 22.4 Å². The summed E-state index contributed by atoms with van der Waals surface area (Å²) in [6.07, 6.45) is 0.887. The van der Waals surface area contributed by atoms with Gasteiger partial charge in [-0.05, 0) is 49.2 Å². The van der Waals surface area contributed by atoms with E-state index >= 15 is 0 Å². The first-order valence-corrected chi connectivity index (χ1v) is 11.1. The van der Waals surface area contributed by atoms with Gasteiger partial charge in [0, 0.05) is 23.2 Å². The first-order chi connectivity index (χ1) is 14.7. The Morgan fingerprint density at radius 1 is 1.16 bits per heavy atom. The maximum atomic E-state index is 12.4. The van der Waals surface area contributed by atoms with Crippen molar-refractivity contribution in [2.24, 2.45) is 4.99 Å². The zero-order valence-corrected chi connectivity index (χ0v) is 17.4. The molecule has 2 heterocycles. The van der Waals surface area contributed by atoms with Crippen LogP contribution in [0.3, 0.4) is 0 Å². The summed E-state index contributed by atoms with van der Waals surface area (Å²) in [5.41, 5.74) is 2.27. The summed E-state index contributed by atoms with van der Waals surface area (Å²) >= 11 is 0. The number of nitrogens with one attached hydrogen (secondary N) is 2. The minimum atomic E-state index is -3.71. The third-order valence-electron chi connectivity index (χ3n) is 4.99. The second kappa shape index (κ2) is 7.95. The highest BCUT2D eigenvalue weighted by molar-refractivity contribution is 7.90. The van der Waals surface area contributed by atoms with Crippen LogP contribution in [0.5, 0.6) is 0 Å². The Bertz CT molecular complexity index is 1240. The lowest BCUT2D eigenvalue weighted by atomic mass is 9.99. The normalized spacial score (nSPS) is 18.4. The highest BCUT2D eigenvalue weighted by Gasteiger charge is 2.31. The number of sulfonamides is 1. The van der Waals surface area contributed by atoms with Crippen LogP contribution < -0.4 is 10.0 Å². The lowest BCUT2D eigenvalue weighted by Crippen LogP contribution is -2.27. The lowest BCUT2D eigenvalue weighted by Gasteiger charge is -2.17. The fourth-order valence-corrected chi connectivity index (χ4v) is 4.61. The van der Waals surface area contributed by atoms with Crippen molar-refractivity contribution in [1.29, 1.82) is 0 Å². The topological polar surface area (TPSA) is 131 Å². The summed E-state index contributed by atoms with van der Waals surface area (Å²) < 4.78 is 31.7. The maximum absolute atomic E-state index is 12.4. The first-order valence-electron chi connectivity index (χ1n) is 9.57. The molecule has 9 nitrogen and oxygen atoms in total. The van der Waals surface area contributed by atoms with Gasteiger partial charge < -0.3 is 10.1 Å². The molecule has 1 atom stereocenters. The van der Waals surface area contributed by atoms with E-state index in [1.165, 1.54) is 13.0 Å². The van der Waals surface area contributed by atoms with Gasteiger partial charge >= 0.3 is 5.97 Å². The minimum absolute atomic E-state index is 0.0584. The van der Waals surface area contributed by atoms with Gasteiger partial charge in [0.15, 0.2) is 12.4 Å². The number of amidine groups is 1. The van der Waals surface area contributed by atoms with Gasteiger partial charge in [0.2, 0.25) is 5.91 Å². The zero-order chi connectivity index (χ0) is 22.2. The van der Waals surface area contributed by atoms with Gasteiger partial charge in [0.25, 0.3) is 10.0 Å². The maximum Gasteiger partial charge on any atom is 0.331 e. The van der Waals surface area contributed by atoms with Crippen LogP contribution in [0.4, 0.5) is 5.69 Å². The predicted octanol–water partition coefficient (Wildman–Crippen LogP) is 1.42. The van der Waals surface area contributed by atoms with Gasteiger partial charge in [-0.25, -0.2) is 13.2 Å². The summed E-state index contributed by atoms with van der Waals surface area (Å²) in [5, 5.41) is 2.74. The molecule has 0 saturated carbocycles. The van der Waals surface area contributed by atoms with Gasteiger partial charge in [-0.15, -0.1) is 0 Å². The average Bonchev–Trinajstić information content (AvgIpc) is 3.01. The number of fused-ring (bicyclic) bond motifs is 2. The van der Waals surface area contributed by atoms with Gasteiger partial charge in [-0.2, -0.15) is 0 Å². The number of carbonyl (C=O) groups is 3. The number of ether oxygens (including phenoxy) is 1. The molecule has 0 radical (unpaired) electrons. The summed E-state index contributed by atoms with van der Waals surface area (Å²) in [4.78, 5) is 40.4. The van der Waals surface area contributed by atoms with E-state index in [2.05, 4.69) is 15.0 Å². The van der Waals surface area contributed by atoms with E-state index in [1.54, 1.807) is 36.4 Å². The molecule has 2 aromatic carbocycles. The number of ketones is 1. The van der Waals surface area contributed by atoms with Gasteiger partial charge in [-0.3, -0.25) is 19.3 Å². The third-order valence-corrected chi connectivity index (χ3v) is 6.39. The van der Waals surface area contributed by atoms with E-state index in [1.807, 2.05) is 0 Å². The zero-order valence-electron chi connectivity index (χ0n) is 16.5. The van der Waals surface area contributed by atoms with E-state index in [0.717, 1.165) is 5.56 Å². The molecular weight excluding hydrogens is 422 g/mol. The van der Waals surface area contributed by atoms with Crippen LogP contribution in [-0.2, 0) is 30.8 Å². The molecule has 0 bridgehead atoms. The van der Waals surface area contributed by atoms with Crippen LogP contribution in [0.2, 0.25) is 0 Å². The Hall–Kier alpha value is -3.53. The second-order valence-electron chi connectivity index (χ2n) is 7.21. The molecule has 4 rings (SSSR count). The van der Waals surface area contributed by atoms with Crippen LogP contribution >= 0.6 is 0 Å². The number of benzene rings is 2. The molecule has 0 spiro atoms. The summed E-state index contributed by atoms with van der Waals surface area (Å²) in [5.74, 6) is -1.15.